The Bertz CT molecular complexity index is 751. The highest BCUT2D eigenvalue weighted by molar-refractivity contribution is 5.78. The fourth-order valence-electron chi connectivity index (χ4n) is 2.44. The van der Waals surface area contributed by atoms with Crippen LogP contribution in [0.15, 0.2) is 47.0 Å². The van der Waals surface area contributed by atoms with Gasteiger partial charge >= 0.3 is 0 Å². The van der Waals surface area contributed by atoms with Crippen LogP contribution in [0.25, 0.3) is 11.0 Å². The number of para-hydroxylation sites is 1. The number of aromatic nitrogens is 1. The summed E-state index contributed by atoms with van der Waals surface area (Å²) >= 11 is 0. The molecule has 4 heteroatoms. The Kier molecular flexibility index (Phi) is 3.24. The van der Waals surface area contributed by atoms with Crippen molar-refractivity contribution in [2.24, 2.45) is 0 Å². The van der Waals surface area contributed by atoms with Crippen LogP contribution in [0, 0.1) is 12.7 Å². The van der Waals surface area contributed by atoms with E-state index in [1.54, 1.807) is 12.3 Å². The Hall–Kier alpha value is -2.20. The normalized spacial score (nSPS) is 12.8. The van der Waals surface area contributed by atoms with Gasteiger partial charge in [-0.25, -0.2) is 4.39 Å². The first-order chi connectivity index (χ1) is 9.70. The number of furan rings is 1. The molecule has 3 rings (SSSR count). The standard InChI is InChI=1S/C16H15FN2O/c1-10-12(6-4-8-19-10)15(18-2)14-9-11-5-3-7-13(17)16(11)20-14/h3-9,15,18H,1-2H3. The minimum atomic E-state index is -0.341. The van der Waals surface area contributed by atoms with Crippen LogP contribution in [0.1, 0.15) is 23.1 Å². The monoisotopic (exact) mass is 270 g/mol. The molecule has 0 radical (unpaired) electrons. The molecule has 0 amide bonds. The second kappa shape index (κ2) is 5.06. The van der Waals surface area contributed by atoms with Crippen molar-refractivity contribution >= 4 is 11.0 Å². The summed E-state index contributed by atoms with van der Waals surface area (Å²) in [6.07, 6.45) is 1.75. The van der Waals surface area contributed by atoms with E-state index in [0.29, 0.717) is 11.3 Å². The van der Waals surface area contributed by atoms with Crippen molar-refractivity contribution in [1.29, 1.82) is 0 Å². The number of aryl methyl sites for hydroxylation is 1. The van der Waals surface area contributed by atoms with Crippen molar-refractivity contribution in [3.05, 3.63) is 65.4 Å². The van der Waals surface area contributed by atoms with Crippen LogP contribution in [0.4, 0.5) is 4.39 Å². The number of hydrogen-bond acceptors (Lipinski definition) is 3. The number of nitrogens with one attached hydrogen (secondary N) is 1. The molecule has 0 bridgehead atoms. The SMILES string of the molecule is CNC(c1cc2cccc(F)c2o1)c1cccnc1C. The molecule has 2 heterocycles. The van der Waals surface area contributed by atoms with E-state index in [0.717, 1.165) is 16.6 Å². The maximum absolute atomic E-state index is 13.7. The molecule has 20 heavy (non-hydrogen) atoms. The summed E-state index contributed by atoms with van der Waals surface area (Å²) in [6, 6.07) is 10.5. The molecule has 0 saturated carbocycles. The summed E-state index contributed by atoms with van der Waals surface area (Å²) in [5, 5.41) is 3.97. The van der Waals surface area contributed by atoms with E-state index in [9.17, 15) is 4.39 Å². The van der Waals surface area contributed by atoms with E-state index in [-0.39, 0.29) is 11.9 Å². The number of benzene rings is 1. The zero-order valence-electron chi connectivity index (χ0n) is 11.4. The smallest absolute Gasteiger partial charge is 0.169 e. The first-order valence-corrected chi connectivity index (χ1v) is 6.47. The van der Waals surface area contributed by atoms with Gasteiger partial charge in [-0.2, -0.15) is 0 Å². The highest BCUT2D eigenvalue weighted by Gasteiger charge is 2.19. The van der Waals surface area contributed by atoms with Gasteiger partial charge in [-0.15, -0.1) is 0 Å². The number of fused-ring (bicyclic) bond motifs is 1. The van der Waals surface area contributed by atoms with Crippen LogP contribution in [0.2, 0.25) is 0 Å². The van der Waals surface area contributed by atoms with E-state index in [1.807, 2.05) is 38.2 Å². The lowest BCUT2D eigenvalue weighted by atomic mass is 10.0. The molecule has 1 atom stereocenters. The minimum Gasteiger partial charge on any atom is -0.456 e. The van der Waals surface area contributed by atoms with Crippen LogP contribution < -0.4 is 5.32 Å². The van der Waals surface area contributed by atoms with E-state index in [1.165, 1.54) is 6.07 Å². The number of halogens is 1. The maximum Gasteiger partial charge on any atom is 0.169 e. The second-order valence-electron chi connectivity index (χ2n) is 4.71. The molecular formula is C16H15FN2O. The summed E-state index contributed by atoms with van der Waals surface area (Å²) in [6.45, 7) is 1.95. The van der Waals surface area contributed by atoms with Crippen LogP contribution in [-0.2, 0) is 0 Å². The lowest BCUT2D eigenvalue weighted by Gasteiger charge is -2.15. The molecule has 3 nitrogen and oxygen atoms in total. The summed E-state index contributed by atoms with van der Waals surface area (Å²) in [4.78, 5) is 4.29. The first-order valence-electron chi connectivity index (χ1n) is 6.47. The highest BCUT2D eigenvalue weighted by atomic mass is 19.1. The highest BCUT2D eigenvalue weighted by Crippen LogP contribution is 2.30. The van der Waals surface area contributed by atoms with Gasteiger partial charge in [0.1, 0.15) is 5.76 Å². The van der Waals surface area contributed by atoms with Gasteiger partial charge in [0.15, 0.2) is 11.4 Å². The van der Waals surface area contributed by atoms with Gasteiger partial charge in [-0.1, -0.05) is 18.2 Å². The van der Waals surface area contributed by atoms with E-state index in [4.69, 9.17) is 4.42 Å². The predicted octanol–water partition coefficient (Wildman–Crippen LogP) is 3.58. The number of hydrogen-bond donors (Lipinski definition) is 1. The van der Waals surface area contributed by atoms with Crippen LogP contribution in [-0.4, -0.2) is 12.0 Å². The van der Waals surface area contributed by atoms with Gasteiger partial charge in [0.2, 0.25) is 0 Å². The van der Waals surface area contributed by atoms with E-state index in [2.05, 4.69) is 10.3 Å². The Morgan fingerprint density at radius 3 is 2.80 bits per heavy atom. The van der Waals surface area contributed by atoms with Gasteiger partial charge in [0, 0.05) is 17.3 Å². The summed E-state index contributed by atoms with van der Waals surface area (Å²) in [5.74, 6) is 0.343. The molecule has 102 valence electrons. The third kappa shape index (κ3) is 2.08. The first kappa shape index (κ1) is 12.8. The third-order valence-electron chi connectivity index (χ3n) is 3.45. The quantitative estimate of drug-likeness (QED) is 0.790. The van der Waals surface area contributed by atoms with Gasteiger partial charge in [0.05, 0.1) is 6.04 Å². The van der Waals surface area contributed by atoms with Crippen molar-refractivity contribution in [2.75, 3.05) is 7.05 Å². The molecule has 0 fully saturated rings. The van der Waals surface area contributed by atoms with Crippen LogP contribution in [0.3, 0.4) is 0 Å². The van der Waals surface area contributed by atoms with Crippen LogP contribution in [0.5, 0.6) is 0 Å². The van der Waals surface area contributed by atoms with Crippen molar-refractivity contribution in [1.82, 2.24) is 10.3 Å². The molecule has 0 spiro atoms. The molecule has 0 aliphatic rings. The molecule has 0 aliphatic carbocycles. The zero-order chi connectivity index (χ0) is 14.1. The lowest BCUT2D eigenvalue weighted by molar-refractivity contribution is 0.475. The summed E-state index contributed by atoms with van der Waals surface area (Å²) in [5.41, 5.74) is 2.24. The third-order valence-corrected chi connectivity index (χ3v) is 3.45. The predicted molar refractivity (Wildman–Crippen MR) is 76.0 cm³/mol. The zero-order valence-corrected chi connectivity index (χ0v) is 11.4. The van der Waals surface area contributed by atoms with E-state index < -0.39 is 0 Å². The fourth-order valence-corrected chi connectivity index (χ4v) is 2.44. The van der Waals surface area contributed by atoms with Crippen molar-refractivity contribution in [2.45, 2.75) is 13.0 Å². The van der Waals surface area contributed by atoms with Gasteiger partial charge in [-0.05, 0) is 37.7 Å². The molecule has 1 unspecified atom stereocenters. The average molecular weight is 270 g/mol. The molecular weight excluding hydrogens is 255 g/mol. The molecule has 2 aromatic heterocycles. The van der Waals surface area contributed by atoms with Crippen molar-refractivity contribution < 1.29 is 8.81 Å². The number of rotatable bonds is 3. The minimum absolute atomic E-state index is 0.143. The molecule has 1 aromatic carbocycles. The summed E-state index contributed by atoms with van der Waals surface area (Å²) in [7, 11) is 1.85. The lowest BCUT2D eigenvalue weighted by Crippen LogP contribution is -2.18. The maximum atomic E-state index is 13.7. The second-order valence-corrected chi connectivity index (χ2v) is 4.71. The molecule has 0 saturated heterocycles. The molecule has 3 aromatic rings. The largest absolute Gasteiger partial charge is 0.456 e. The van der Waals surface area contributed by atoms with Crippen LogP contribution >= 0.6 is 0 Å². The van der Waals surface area contributed by atoms with Gasteiger partial charge < -0.3 is 9.73 Å². The average Bonchev–Trinajstić information content (AvgIpc) is 2.87. The van der Waals surface area contributed by atoms with Crippen molar-refractivity contribution in [3.8, 4) is 0 Å². The Balaban J connectivity index is 2.12. The Morgan fingerprint density at radius 1 is 1.25 bits per heavy atom. The Labute approximate surface area is 116 Å². The topological polar surface area (TPSA) is 38.1 Å². The van der Waals surface area contributed by atoms with Gasteiger partial charge in [0.25, 0.3) is 0 Å². The van der Waals surface area contributed by atoms with Crippen molar-refractivity contribution in [3.63, 3.8) is 0 Å². The molecule has 0 aliphatic heterocycles. The Morgan fingerprint density at radius 2 is 2.10 bits per heavy atom. The number of nitrogens with zero attached hydrogens (tertiary/aromatic N) is 1. The summed E-state index contributed by atoms with van der Waals surface area (Å²) < 4.78 is 19.4. The molecule has 1 N–H and O–H groups in total. The van der Waals surface area contributed by atoms with Gasteiger partial charge in [-0.3, -0.25) is 4.98 Å². The van der Waals surface area contributed by atoms with E-state index >= 15 is 0 Å². The fraction of sp³-hybridized carbons (Fsp3) is 0.188. The number of pyridine rings is 1.